The summed E-state index contributed by atoms with van der Waals surface area (Å²) >= 11 is 0. The molecule has 2 aromatic heterocycles. The maximum Gasteiger partial charge on any atom is 0.344 e. The summed E-state index contributed by atoms with van der Waals surface area (Å²) in [6, 6.07) is 30.1. The SMILES string of the molecule is O=C(COc1cc(O)c2c(=O)cc(-c3ccccc3)oc2c1)OCc1cc(-c2ccc([N+](=O)[O-])cc2)n(-c2ccccc2)n1. The van der Waals surface area contributed by atoms with E-state index in [-0.39, 0.29) is 34.8 Å². The number of nitrogens with zero attached hydrogens (tertiary/aromatic N) is 3. The van der Waals surface area contributed by atoms with Gasteiger partial charge in [-0.1, -0.05) is 48.5 Å². The van der Waals surface area contributed by atoms with Gasteiger partial charge in [0.1, 0.15) is 40.5 Å². The number of nitro benzene ring substituents is 1. The topological polar surface area (TPSA) is 147 Å². The number of para-hydroxylation sites is 1. The van der Waals surface area contributed by atoms with Crippen molar-refractivity contribution in [1.82, 2.24) is 9.78 Å². The van der Waals surface area contributed by atoms with Gasteiger partial charge < -0.3 is 19.0 Å². The quantitative estimate of drug-likeness (QED) is 0.121. The van der Waals surface area contributed by atoms with Crippen LogP contribution in [0.3, 0.4) is 0 Å². The summed E-state index contributed by atoms with van der Waals surface area (Å²) in [5.74, 6) is -0.615. The second kappa shape index (κ2) is 11.9. The minimum Gasteiger partial charge on any atom is -0.507 e. The summed E-state index contributed by atoms with van der Waals surface area (Å²) in [7, 11) is 0. The van der Waals surface area contributed by atoms with E-state index in [0.29, 0.717) is 28.3 Å². The number of fused-ring (bicyclic) bond motifs is 1. The van der Waals surface area contributed by atoms with Crippen molar-refractivity contribution in [2.24, 2.45) is 0 Å². The molecular formula is C33H23N3O8. The molecule has 6 rings (SSSR count). The van der Waals surface area contributed by atoms with E-state index in [2.05, 4.69) is 5.10 Å². The molecular weight excluding hydrogens is 566 g/mol. The van der Waals surface area contributed by atoms with Crippen molar-refractivity contribution in [1.29, 1.82) is 0 Å². The molecule has 11 heteroatoms. The Morgan fingerprint density at radius 3 is 2.32 bits per heavy atom. The zero-order valence-electron chi connectivity index (χ0n) is 23.0. The summed E-state index contributed by atoms with van der Waals surface area (Å²) in [5.41, 5.74) is 2.86. The Balaban J connectivity index is 1.17. The molecule has 218 valence electrons. The van der Waals surface area contributed by atoms with Crippen molar-refractivity contribution in [3.8, 4) is 39.8 Å². The average Bonchev–Trinajstić information content (AvgIpc) is 3.48. The Morgan fingerprint density at radius 1 is 0.909 bits per heavy atom. The minimum absolute atomic E-state index is 0.00237. The van der Waals surface area contributed by atoms with Crippen LogP contribution in [-0.4, -0.2) is 32.4 Å². The number of non-ortho nitro benzene ring substituents is 1. The fourth-order valence-corrected chi connectivity index (χ4v) is 4.64. The zero-order chi connectivity index (χ0) is 30.6. The lowest BCUT2D eigenvalue weighted by Gasteiger charge is -2.09. The van der Waals surface area contributed by atoms with E-state index in [0.717, 1.165) is 5.69 Å². The molecule has 0 spiro atoms. The predicted octanol–water partition coefficient (Wildman–Crippen LogP) is 6.05. The number of phenols is 1. The molecule has 1 N–H and O–H groups in total. The van der Waals surface area contributed by atoms with Crippen LogP contribution in [0.4, 0.5) is 5.69 Å². The number of benzene rings is 4. The van der Waals surface area contributed by atoms with E-state index in [1.165, 1.54) is 30.3 Å². The number of nitro groups is 1. The van der Waals surface area contributed by atoms with E-state index in [4.69, 9.17) is 13.9 Å². The van der Waals surface area contributed by atoms with Gasteiger partial charge in [-0.2, -0.15) is 5.10 Å². The lowest BCUT2D eigenvalue weighted by molar-refractivity contribution is -0.384. The molecule has 0 aliphatic carbocycles. The van der Waals surface area contributed by atoms with Crippen LogP contribution in [0.1, 0.15) is 5.69 Å². The van der Waals surface area contributed by atoms with Crippen LogP contribution in [0, 0.1) is 10.1 Å². The van der Waals surface area contributed by atoms with E-state index in [1.807, 2.05) is 48.5 Å². The number of aromatic nitrogens is 2. The maximum atomic E-state index is 12.7. The van der Waals surface area contributed by atoms with Gasteiger partial charge in [0.05, 0.1) is 16.3 Å². The number of rotatable bonds is 9. The lowest BCUT2D eigenvalue weighted by atomic mass is 10.1. The van der Waals surface area contributed by atoms with Crippen LogP contribution < -0.4 is 10.2 Å². The fraction of sp³-hybridized carbons (Fsp3) is 0.0606. The van der Waals surface area contributed by atoms with Gasteiger partial charge in [-0.3, -0.25) is 14.9 Å². The highest BCUT2D eigenvalue weighted by molar-refractivity contribution is 5.86. The molecule has 0 bridgehead atoms. The standard InChI is InChI=1S/C33H23N3O8/c37-28-16-26(17-31-33(28)29(38)18-30(44-31)22-7-3-1-4-8-22)42-20-32(39)43-19-23-15-27(21-11-13-25(14-12-21)36(40)41)35(34-23)24-9-5-2-6-10-24/h1-18,37H,19-20H2. The van der Waals surface area contributed by atoms with Gasteiger partial charge in [0.15, 0.2) is 12.0 Å². The third kappa shape index (κ3) is 5.88. The largest absolute Gasteiger partial charge is 0.507 e. The van der Waals surface area contributed by atoms with Crippen LogP contribution in [0.5, 0.6) is 11.5 Å². The second-order valence-electron chi connectivity index (χ2n) is 9.68. The summed E-state index contributed by atoms with van der Waals surface area (Å²) < 4.78 is 18.5. The number of carbonyl (C=O) groups is 1. The summed E-state index contributed by atoms with van der Waals surface area (Å²) in [6.07, 6.45) is 0. The normalized spacial score (nSPS) is 10.9. The molecule has 0 saturated carbocycles. The molecule has 0 aliphatic rings. The summed E-state index contributed by atoms with van der Waals surface area (Å²) in [5, 5.41) is 26.1. The second-order valence-corrected chi connectivity index (χ2v) is 9.68. The first-order valence-corrected chi connectivity index (χ1v) is 13.4. The van der Waals surface area contributed by atoms with E-state index in [1.54, 1.807) is 35.0 Å². The van der Waals surface area contributed by atoms with Crippen molar-refractivity contribution < 1.29 is 28.7 Å². The molecule has 0 unspecified atom stereocenters. The van der Waals surface area contributed by atoms with Gasteiger partial charge in [-0.05, 0) is 30.3 Å². The van der Waals surface area contributed by atoms with Crippen LogP contribution in [-0.2, 0) is 16.1 Å². The van der Waals surface area contributed by atoms with E-state index in [9.17, 15) is 24.8 Å². The van der Waals surface area contributed by atoms with Crippen LogP contribution >= 0.6 is 0 Å². The van der Waals surface area contributed by atoms with Gasteiger partial charge in [0, 0.05) is 41.5 Å². The molecule has 0 saturated heterocycles. The number of hydrogen-bond acceptors (Lipinski definition) is 9. The van der Waals surface area contributed by atoms with Crippen LogP contribution in [0.25, 0.3) is 39.2 Å². The lowest BCUT2D eigenvalue weighted by Crippen LogP contribution is -2.15. The Morgan fingerprint density at radius 2 is 1.61 bits per heavy atom. The van der Waals surface area contributed by atoms with E-state index >= 15 is 0 Å². The van der Waals surface area contributed by atoms with Crippen molar-refractivity contribution in [2.45, 2.75) is 6.61 Å². The molecule has 0 fully saturated rings. The van der Waals surface area contributed by atoms with Gasteiger partial charge in [-0.15, -0.1) is 0 Å². The molecule has 0 aliphatic heterocycles. The molecule has 11 nitrogen and oxygen atoms in total. The number of carbonyl (C=O) groups excluding carboxylic acids is 1. The van der Waals surface area contributed by atoms with Gasteiger partial charge in [0.2, 0.25) is 0 Å². The molecule has 0 radical (unpaired) electrons. The predicted molar refractivity (Wildman–Crippen MR) is 161 cm³/mol. The molecule has 4 aromatic carbocycles. The van der Waals surface area contributed by atoms with Crippen LogP contribution in [0.2, 0.25) is 0 Å². The van der Waals surface area contributed by atoms with Crippen molar-refractivity contribution >= 4 is 22.6 Å². The Labute approximate surface area is 249 Å². The maximum absolute atomic E-state index is 12.7. The first kappa shape index (κ1) is 27.9. The highest BCUT2D eigenvalue weighted by Gasteiger charge is 2.17. The molecule has 0 amide bonds. The Hall–Kier alpha value is -6.23. The Kier molecular flexibility index (Phi) is 7.58. The van der Waals surface area contributed by atoms with Gasteiger partial charge >= 0.3 is 5.97 Å². The number of ether oxygens (including phenoxy) is 2. The summed E-state index contributed by atoms with van der Waals surface area (Å²) in [6.45, 7) is -0.650. The third-order valence-electron chi connectivity index (χ3n) is 6.71. The number of esters is 1. The number of phenolic OH excluding ortho intramolecular Hbond substituents is 1. The van der Waals surface area contributed by atoms with Gasteiger partial charge in [0.25, 0.3) is 5.69 Å². The minimum atomic E-state index is -0.699. The third-order valence-corrected chi connectivity index (χ3v) is 6.71. The van der Waals surface area contributed by atoms with Gasteiger partial charge in [-0.25, -0.2) is 9.48 Å². The Bertz CT molecular complexity index is 2040. The molecule has 0 atom stereocenters. The fourth-order valence-electron chi connectivity index (χ4n) is 4.64. The average molecular weight is 590 g/mol. The summed E-state index contributed by atoms with van der Waals surface area (Å²) in [4.78, 5) is 35.9. The smallest absolute Gasteiger partial charge is 0.344 e. The highest BCUT2D eigenvalue weighted by Crippen LogP contribution is 2.31. The first-order chi connectivity index (χ1) is 21.4. The van der Waals surface area contributed by atoms with Crippen molar-refractivity contribution in [3.05, 3.63) is 135 Å². The first-order valence-electron chi connectivity index (χ1n) is 13.4. The van der Waals surface area contributed by atoms with Crippen molar-refractivity contribution in [3.63, 3.8) is 0 Å². The molecule has 44 heavy (non-hydrogen) atoms. The monoisotopic (exact) mass is 589 g/mol. The van der Waals surface area contributed by atoms with Crippen LogP contribution in [0.15, 0.2) is 118 Å². The van der Waals surface area contributed by atoms with E-state index < -0.39 is 22.9 Å². The number of hydrogen-bond donors (Lipinski definition) is 1. The number of aromatic hydroxyl groups is 1. The highest BCUT2D eigenvalue weighted by atomic mass is 16.6. The van der Waals surface area contributed by atoms with Crippen molar-refractivity contribution in [2.75, 3.05) is 6.61 Å². The molecule has 6 aromatic rings. The zero-order valence-corrected chi connectivity index (χ0v) is 23.0. The molecule has 2 heterocycles.